The van der Waals surface area contributed by atoms with E-state index in [0.717, 1.165) is 16.0 Å². The zero-order chi connectivity index (χ0) is 15.6. The lowest BCUT2D eigenvalue weighted by atomic mass is 10.0. The normalized spacial score (nSPS) is 37.7. The molecule has 0 radical (unpaired) electrons. The van der Waals surface area contributed by atoms with Crippen molar-refractivity contribution in [3.63, 3.8) is 0 Å². The molecule has 0 aliphatic carbocycles. The van der Waals surface area contributed by atoms with Crippen LogP contribution in [-0.2, 0) is 0 Å². The summed E-state index contributed by atoms with van der Waals surface area (Å²) < 4.78 is 0. The van der Waals surface area contributed by atoms with Gasteiger partial charge in [0.25, 0.3) is 5.91 Å². The summed E-state index contributed by atoms with van der Waals surface area (Å²) in [6.07, 6.45) is -1.53. The average molecular weight is 320 g/mol. The van der Waals surface area contributed by atoms with Gasteiger partial charge in [-0.15, -0.1) is 0 Å². The monoisotopic (exact) mass is 320 g/mol. The zero-order valence-corrected chi connectivity index (χ0v) is 13.5. The number of piperazine rings is 1. The lowest BCUT2D eigenvalue weighted by Gasteiger charge is -2.50. The third-order valence-corrected chi connectivity index (χ3v) is 6.33. The molecular weight excluding hydrogens is 300 g/mol. The summed E-state index contributed by atoms with van der Waals surface area (Å²) in [6.45, 7) is 5.21. The van der Waals surface area contributed by atoms with Gasteiger partial charge in [0.1, 0.15) is 5.37 Å². The maximum atomic E-state index is 12.9. The van der Waals surface area contributed by atoms with E-state index in [1.165, 1.54) is 0 Å². The van der Waals surface area contributed by atoms with Gasteiger partial charge in [-0.25, -0.2) is 0 Å². The zero-order valence-electron chi connectivity index (χ0n) is 12.6. The summed E-state index contributed by atoms with van der Waals surface area (Å²) in [7, 11) is 0. The lowest BCUT2D eigenvalue weighted by molar-refractivity contribution is -0.00617. The molecule has 2 N–H and O–H groups in total. The van der Waals surface area contributed by atoms with E-state index in [0.29, 0.717) is 13.1 Å². The molecule has 0 bridgehead atoms. The van der Waals surface area contributed by atoms with Crippen LogP contribution < -0.4 is 0 Å². The molecule has 5 atom stereocenters. The minimum Gasteiger partial charge on any atom is -0.389 e. The predicted octanol–water partition coefficient (Wildman–Crippen LogP) is 0.677. The number of hydrogen-bond donors (Lipinski definition) is 2. The number of benzene rings is 1. The van der Waals surface area contributed by atoms with E-state index >= 15 is 0 Å². The smallest absolute Gasteiger partial charge is 0.256 e. The van der Waals surface area contributed by atoms with Gasteiger partial charge in [-0.3, -0.25) is 9.69 Å². The third kappa shape index (κ3) is 1.94. The minimum absolute atomic E-state index is 0.0446. The van der Waals surface area contributed by atoms with Gasteiger partial charge in [0, 0.05) is 24.0 Å². The minimum atomic E-state index is -0.799. The van der Waals surface area contributed by atoms with Crippen molar-refractivity contribution in [2.24, 2.45) is 0 Å². The van der Waals surface area contributed by atoms with Gasteiger partial charge in [0.2, 0.25) is 0 Å². The highest BCUT2D eigenvalue weighted by atomic mass is 32.2. The van der Waals surface area contributed by atoms with Crippen molar-refractivity contribution >= 4 is 17.7 Å². The van der Waals surface area contributed by atoms with Crippen LogP contribution in [0.15, 0.2) is 23.1 Å². The Hall–Kier alpha value is -1.08. The molecule has 6 heteroatoms. The largest absolute Gasteiger partial charge is 0.389 e. The van der Waals surface area contributed by atoms with Crippen LogP contribution in [0.1, 0.15) is 22.8 Å². The molecule has 0 spiro atoms. The Morgan fingerprint density at radius 3 is 2.82 bits per heavy atom. The quantitative estimate of drug-likeness (QED) is 0.736. The van der Waals surface area contributed by atoms with E-state index in [9.17, 15) is 15.0 Å². The fraction of sp³-hybridized carbons (Fsp3) is 0.562. The standard InChI is InChI=1S/C16H20N2O3S/c1-8-3-4-12-10(5-8)15(21)18-9(2)6-17-7-11(19)14(20)13(17)16(18)22-12/h3-5,9,11,13-14,16,19-20H,6-7H2,1-2H3/t9-,11-,13-,14-,16-/m1/s1. The molecule has 2 fully saturated rings. The molecule has 22 heavy (non-hydrogen) atoms. The molecule has 2 saturated heterocycles. The molecule has 0 saturated carbocycles. The molecule has 1 amide bonds. The van der Waals surface area contributed by atoms with Gasteiger partial charge in [0.15, 0.2) is 0 Å². The second kappa shape index (κ2) is 4.96. The number of nitrogens with zero attached hydrogens (tertiary/aromatic N) is 2. The summed E-state index contributed by atoms with van der Waals surface area (Å²) >= 11 is 1.63. The first kappa shape index (κ1) is 14.5. The third-order valence-electron chi connectivity index (χ3n) is 4.97. The van der Waals surface area contributed by atoms with E-state index < -0.39 is 12.2 Å². The van der Waals surface area contributed by atoms with E-state index in [1.807, 2.05) is 36.9 Å². The van der Waals surface area contributed by atoms with Crippen LogP contribution in [-0.4, -0.2) is 68.7 Å². The average Bonchev–Trinajstić information content (AvgIpc) is 2.74. The molecule has 0 aromatic heterocycles. The Labute approximate surface area is 133 Å². The summed E-state index contributed by atoms with van der Waals surface area (Å²) in [5.41, 5.74) is 1.84. The number of aliphatic hydroxyl groups excluding tert-OH is 2. The number of aliphatic hydroxyl groups is 2. The van der Waals surface area contributed by atoms with Crippen LogP contribution in [0.3, 0.4) is 0 Å². The number of hydrogen-bond acceptors (Lipinski definition) is 5. The van der Waals surface area contributed by atoms with E-state index in [-0.39, 0.29) is 23.4 Å². The summed E-state index contributed by atoms with van der Waals surface area (Å²) in [5, 5.41) is 20.2. The molecule has 3 aliphatic heterocycles. The molecular formula is C16H20N2O3S. The van der Waals surface area contributed by atoms with Crippen molar-refractivity contribution in [2.75, 3.05) is 13.1 Å². The van der Waals surface area contributed by atoms with Gasteiger partial charge in [-0.05, 0) is 26.0 Å². The van der Waals surface area contributed by atoms with Crippen LogP contribution in [0.25, 0.3) is 0 Å². The predicted molar refractivity (Wildman–Crippen MR) is 83.8 cm³/mol. The molecule has 0 unspecified atom stereocenters. The number of fused-ring (bicyclic) bond motifs is 4. The summed E-state index contributed by atoms with van der Waals surface area (Å²) in [6, 6.07) is 5.83. The van der Waals surface area contributed by atoms with E-state index in [1.54, 1.807) is 11.8 Å². The fourth-order valence-corrected chi connectivity index (χ4v) is 5.50. The molecule has 4 rings (SSSR count). The van der Waals surface area contributed by atoms with Crippen LogP contribution >= 0.6 is 11.8 Å². The van der Waals surface area contributed by atoms with Crippen molar-refractivity contribution in [3.8, 4) is 0 Å². The topological polar surface area (TPSA) is 64.0 Å². The van der Waals surface area contributed by atoms with Crippen LogP contribution in [0.4, 0.5) is 0 Å². The Morgan fingerprint density at radius 2 is 2.05 bits per heavy atom. The molecule has 3 aliphatic rings. The molecule has 1 aromatic carbocycles. The second-order valence-electron chi connectivity index (χ2n) is 6.57. The molecule has 3 heterocycles. The SMILES string of the molecule is Cc1ccc2c(c1)C(=O)N1[C@H](C)CN3C[C@@H](O)[C@@H](O)[C@@H]3[C@H]1S2. The van der Waals surface area contributed by atoms with Crippen LogP contribution in [0, 0.1) is 6.92 Å². The Bertz CT molecular complexity index is 638. The Morgan fingerprint density at radius 1 is 1.27 bits per heavy atom. The number of carbonyl (C=O) groups is 1. The van der Waals surface area contributed by atoms with Gasteiger partial charge < -0.3 is 15.1 Å². The maximum absolute atomic E-state index is 12.9. The summed E-state index contributed by atoms with van der Waals surface area (Å²) in [5.74, 6) is 0.0446. The summed E-state index contributed by atoms with van der Waals surface area (Å²) in [4.78, 5) is 17.9. The Balaban J connectivity index is 1.77. The van der Waals surface area contributed by atoms with Crippen molar-refractivity contribution in [1.82, 2.24) is 9.80 Å². The maximum Gasteiger partial charge on any atom is 0.256 e. The number of carbonyl (C=O) groups excluding carboxylic acids is 1. The number of thioether (sulfide) groups is 1. The van der Waals surface area contributed by atoms with E-state index in [2.05, 4.69) is 4.90 Å². The Kier molecular flexibility index (Phi) is 3.27. The van der Waals surface area contributed by atoms with Gasteiger partial charge in [0.05, 0.1) is 23.8 Å². The molecule has 118 valence electrons. The van der Waals surface area contributed by atoms with Crippen molar-refractivity contribution in [3.05, 3.63) is 29.3 Å². The van der Waals surface area contributed by atoms with Crippen LogP contribution in [0.2, 0.25) is 0 Å². The van der Waals surface area contributed by atoms with Gasteiger partial charge >= 0.3 is 0 Å². The first-order valence-corrected chi connectivity index (χ1v) is 8.55. The van der Waals surface area contributed by atoms with Crippen molar-refractivity contribution in [2.45, 2.75) is 48.4 Å². The highest BCUT2D eigenvalue weighted by Crippen LogP contribution is 2.44. The lowest BCUT2D eigenvalue weighted by Crippen LogP contribution is -2.64. The number of amides is 1. The molecule has 1 aromatic rings. The highest BCUT2D eigenvalue weighted by Gasteiger charge is 2.53. The molecule has 5 nitrogen and oxygen atoms in total. The fourth-order valence-electron chi connectivity index (χ4n) is 3.93. The highest BCUT2D eigenvalue weighted by molar-refractivity contribution is 8.00. The first-order chi connectivity index (χ1) is 10.5. The second-order valence-corrected chi connectivity index (χ2v) is 7.73. The van der Waals surface area contributed by atoms with Crippen molar-refractivity contribution < 1.29 is 15.0 Å². The first-order valence-electron chi connectivity index (χ1n) is 7.67. The van der Waals surface area contributed by atoms with Crippen molar-refractivity contribution in [1.29, 1.82) is 0 Å². The van der Waals surface area contributed by atoms with Gasteiger partial charge in [-0.2, -0.15) is 0 Å². The number of rotatable bonds is 0. The van der Waals surface area contributed by atoms with Gasteiger partial charge in [-0.1, -0.05) is 23.4 Å². The van der Waals surface area contributed by atoms with E-state index in [4.69, 9.17) is 0 Å². The number of aryl methyl sites for hydroxylation is 1. The van der Waals surface area contributed by atoms with Crippen LogP contribution in [0.5, 0.6) is 0 Å².